The first kappa shape index (κ1) is 12.2. The minimum absolute atomic E-state index is 0.0647. The van der Waals surface area contributed by atoms with Crippen LogP contribution in [0.2, 0.25) is 0 Å². The summed E-state index contributed by atoms with van der Waals surface area (Å²) < 4.78 is 1.25. The third-order valence-electron chi connectivity index (χ3n) is 1.94. The second kappa shape index (κ2) is 4.73. The number of nitro groups is 1. The number of nitrogens with zero attached hydrogens (tertiary/aromatic N) is 3. The van der Waals surface area contributed by atoms with Gasteiger partial charge in [-0.3, -0.25) is 4.79 Å². The Morgan fingerprint density at radius 2 is 2.31 bits per heavy atom. The highest BCUT2D eigenvalue weighted by Crippen LogP contribution is 2.15. The van der Waals surface area contributed by atoms with E-state index in [2.05, 4.69) is 10.4 Å². The van der Waals surface area contributed by atoms with Gasteiger partial charge in [-0.25, -0.2) is 0 Å². The monoisotopic (exact) mass is 226 g/mol. The number of amides is 1. The van der Waals surface area contributed by atoms with Crippen molar-refractivity contribution in [3.05, 3.63) is 21.9 Å². The van der Waals surface area contributed by atoms with E-state index in [1.807, 2.05) is 13.8 Å². The van der Waals surface area contributed by atoms with Crippen molar-refractivity contribution >= 4 is 11.7 Å². The SMILES string of the molecule is CNC(=O)c1cc([N+](=O)[O-])n(CC(C)C)n1. The van der Waals surface area contributed by atoms with Gasteiger partial charge in [0.05, 0.1) is 6.07 Å². The molecule has 16 heavy (non-hydrogen) atoms. The van der Waals surface area contributed by atoms with Crippen molar-refractivity contribution in [2.75, 3.05) is 7.05 Å². The summed E-state index contributed by atoms with van der Waals surface area (Å²) in [7, 11) is 1.45. The van der Waals surface area contributed by atoms with Crippen molar-refractivity contribution in [3.8, 4) is 0 Å². The molecule has 1 heterocycles. The highest BCUT2D eigenvalue weighted by molar-refractivity contribution is 5.92. The number of carbonyl (C=O) groups is 1. The normalized spacial score (nSPS) is 10.5. The Kier molecular flexibility index (Phi) is 3.60. The average Bonchev–Trinajstić information content (AvgIpc) is 2.59. The van der Waals surface area contributed by atoms with Crippen LogP contribution in [0.3, 0.4) is 0 Å². The molecule has 0 aromatic carbocycles. The molecule has 1 amide bonds. The van der Waals surface area contributed by atoms with Gasteiger partial charge in [0.25, 0.3) is 5.91 Å². The smallest absolute Gasteiger partial charge is 0.345 e. The summed E-state index contributed by atoms with van der Waals surface area (Å²) in [5.41, 5.74) is 0.0647. The molecule has 1 N–H and O–H groups in total. The summed E-state index contributed by atoms with van der Waals surface area (Å²) in [5, 5.41) is 17.0. The molecule has 0 unspecified atom stereocenters. The van der Waals surface area contributed by atoms with Crippen molar-refractivity contribution in [3.63, 3.8) is 0 Å². The molecule has 0 aliphatic carbocycles. The minimum atomic E-state index is -0.540. The Morgan fingerprint density at radius 1 is 1.69 bits per heavy atom. The van der Waals surface area contributed by atoms with Gasteiger partial charge < -0.3 is 15.4 Å². The van der Waals surface area contributed by atoms with Crippen molar-refractivity contribution in [1.29, 1.82) is 0 Å². The van der Waals surface area contributed by atoms with Gasteiger partial charge in [0.2, 0.25) is 0 Å². The first-order chi connectivity index (χ1) is 7.45. The zero-order chi connectivity index (χ0) is 12.3. The van der Waals surface area contributed by atoms with E-state index in [0.717, 1.165) is 0 Å². The van der Waals surface area contributed by atoms with E-state index in [4.69, 9.17) is 0 Å². The average molecular weight is 226 g/mol. The summed E-state index contributed by atoms with van der Waals surface area (Å²) in [6.45, 7) is 4.25. The quantitative estimate of drug-likeness (QED) is 0.607. The molecule has 1 aromatic heterocycles. The van der Waals surface area contributed by atoms with E-state index in [-0.39, 0.29) is 17.4 Å². The van der Waals surface area contributed by atoms with Crippen LogP contribution < -0.4 is 5.32 Å². The van der Waals surface area contributed by atoms with E-state index < -0.39 is 10.8 Å². The lowest BCUT2D eigenvalue weighted by molar-refractivity contribution is -0.392. The molecule has 7 heteroatoms. The van der Waals surface area contributed by atoms with Crippen molar-refractivity contribution in [2.24, 2.45) is 5.92 Å². The predicted molar refractivity (Wildman–Crippen MR) is 57.1 cm³/mol. The Hall–Kier alpha value is -1.92. The van der Waals surface area contributed by atoms with E-state index in [1.54, 1.807) is 0 Å². The second-order valence-corrected chi connectivity index (χ2v) is 3.80. The highest BCUT2D eigenvalue weighted by Gasteiger charge is 2.22. The van der Waals surface area contributed by atoms with Gasteiger partial charge >= 0.3 is 5.82 Å². The zero-order valence-corrected chi connectivity index (χ0v) is 9.43. The lowest BCUT2D eigenvalue weighted by Crippen LogP contribution is -2.19. The number of aromatic nitrogens is 2. The molecule has 0 atom stereocenters. The van der Waals surface area contributed by atoms with Gasteiger partial charge in [0.1, 0.15) is 6.54 Å². The van der Waals surface area contributed by atoms with Crippen molar-refractivity contribution in [1.82, 2.24) is 15.1 Å². The Morgan fingerprint density at radius 3 is 2.75 bits per heavy atom. The van der Waals surface area contributed by atoms with Gasteiger partial charge in [0, 0.05) is 7.05 Å². The highest BCUT2D eigenvalue weighted by atomic mass is 16.6. The Bertz CT molecular complexity index is 411. The number of carbonyl (C=O) groups excluding carboxylic acids is 1. The summed E-state index contributed by atoms with van der Waals surface area (Å²) in [4.78, 5) is 21.5. The molecular formula is C9H14N4O3. The maximum absolute atomic E-state index is 11.3. The molecule has 0 aliphatic heterocycles. The Balaban J connectivity index is 3.09. The van der Waals surface area contributed by atoms with E-state index in [9.17, 15) is 14.9 Å². The third kappa shape index (κ3) is 2.56. The summed E-state index contributed by atoms with van der Waals surface area (Å²) in [6.07, 6.45) is 0. The first-order valence-electron chi connectivity index (χ1n) is 4.90. The molecule has 0 saturated carbocycles. The van der Waals surface area contributed by atoms with Crippen LogP contribution in [0.1, 0.15) is 24.3 Å². The van der Waals surface area contributed by atoms with Crippen LogP contribution in [-0.2, 0) is 6.54 Å². The molecule has 88 valence electrons. The maximum atomic E-state index is 11.3. The van der Waals surface area contributed by atoms with Crippen LogP contribution >= 0.6 is 0 Å². The predicted octanol–water partition coefficient (Wildman–Crippen LogP) is 0.807. The molecule has 1 rings (SSSR count). The Labute approximate surface area is 92.6 Å². The standard InChI is InChI=1S/C9H14N4O3/c1-6(2)5-12-8(13(15)16)4-7(11-12)9(14)10-3/h4,6H,5H2,1-3H3,(H,10,14). The molecule has 0 spiro atoms. The second-order valence-electron chi connectivity index (χ2n) is 3.80. The molecular weight excluding hydrogens is 212 g/mol. The molecule has 0 aliphatic rings. The first-order valence-corrected chi connectivity index (χ1v) is 4.90. The van der Waals surface area contributed by atoms with Crippen molar-refractivity contribution < 1.29 is 9.72 Å². The fraction of sp³-hybridized carbons (Fsp3) is 0.556. The fourth-order valence-corrected chi connectivity index (χ4v) is 1.27. The summed E-state index contributed by atoms with van der Waals surface area (Å²) >= 11 is 0. The zero-order valence-electron chi connectivity index (χ0n) is 9.43. The lowest BCUT2D eigenvalue weighted by atomic mass is 10.2. The van der Waals surface area contributed by atoms with Gasteiger partial charge in [-0.15, -0.1) is 4.68 Å². The molecule has 0 radical (unpaired) electrons. The fourth-order valence-electron chi connectivity index (χ4n) is 1.27. The van der Waals surface area contributed by atoms with Crippen molar-refractivity contribution in [2.45, 2.75) is 20.4 Å². The summed E-state index contributed by atoms with van der Waals surface area (Å²) in [6, 6.07) is 1.18. The van der Waals surface area contributed by atoms with Gasteiger partial charge in [-0.05, 0) is 10.8 Å². The van der Waals surface area contributed by atoms with E-state index >= 15 is 0 Å². The van der Waals surface area contributed by atoms with Crippen LogP contribution in [0.5, 0.6) is 0 Å². The third-order valence-corrected chi connectivity index (χ3v) is 1.94. The maximum Gasteiger partial charge on any atom is 0.345 e. The van der Waals surface area contributed by atoms with Gasteiger partial charge in [0.15, 0.2) is 5.69 Å². The topological polar surface area (TPSA) is 90.1 Å². The number of nitrogens with one attached hydrogen (secondary N) is 1. The minimum Gasteiger partial charge on any atom is -0.358 e. The van der Waals surface area contributed by atoms with Crippen LogP contribution in [-0.4, -0.2) is 27.7 Å². The lowest BCUT2D eigenvalue weighted by Gasteiger charge is -2.01. The molecule has 0 fully saturated rings. The number of rotatable bonds is 4. The van der Waals surface area contributed by atoms with Crippen LogP contribution in [0.25, 0.3) is 0 Å². The van der Waals surface area contributed by atoms with Gasteiger partial charge in [-0.1, -0.05) is 18.9 Å². The molecule has 0 bridgehead atoms. The van der Waals surface area contributed by atoms with Gasteiger partial charge in [-0.2, -0.15) is 0 Å². The largest absolute Gasteiger partial charge is 0.358 e. The van der Waals surface area contributed by atoms with E-state index in [0.29, 0.717) is 6.54 Å². The van der Waals surface area contributed by atoms with E-state index in [1.165, 1.54) is 17.8 Å². The van der Waals surface area contributed by atoms with Crippen LogP contribution in [0.15, 0.2) is 6.07 Å². The number of hydrogen-bond donors (Lipinski definition) is 1. The number of hydrogen-bond acceptors (Lipinski definition) is 4. The molecule has 7 nitrogen and oxygen atoms in total. The van der Waals surface area contributed by atoms with Crippen LogP contribution in [0.4, 0.5) is 5.82 Å². The molecule has 0 saturated heterocycles. The van der Waals surface area contributed by atoms with Crippen LogP contribution in [0, 0.1) is 16.0 Å². The summed E-state index contributed by atoms with van der Waals surface area (Å²) in [5.74, 6) is -0.367. The molecule has 1 aromatic rings.